The van der Waals surface area contributed by atoms with Crippen molar-refractivity contribution >= 4 is 27.6 Å². The molecule has 0 unspecified atom stereocenters. The molecular weight excluding hydrogens is 428 g/mol. The van der Waals surface area contributed by atoms with Crippen molar-refractivity contribution in [1.29, 1.82) is 0 Å². The van der Waals surface area contributed by atoms with Crippen LogP contribution in [0.5, 0.6) is 0 Å². The van der Waals surface area contributed by atoms with E-state index < -0.39 is 6.85 Å². The van der Waals surface area contributed by atoms with Gasteiger partial charge in [0.1, 0.15) is 18.2 Å². The van der Waals surface area contributed by atoms with Crippen LogP contribution in [0.3, 0.4) is 0 Å². The molecule has 0 bridgehead atoms. The van der Waals surface area contributed by atoms with Crippen molar-refractivity contribution in [3.8, 4) is 22.4 Å². The van der Waals surface area contributed by atoms with E-state index in [1.165, 1.54) is 5.56 Å². The molecule has 0 radical (unpaired) electrons. The predicted octanol–water partition coefficient (Wildman–Crippen LogP) is 8.65. The van der Waals surface area contributed by atoms with Crippen LogP contribution in [0.1, 0.15) is 53.2 Å². The fourth-order valence-electron chi connectivity index (χ4n) is 4.85. The van der Waals surface area contributed by atoms with E-state index in [0.29, 0.717) is 39.7 Å². The second-order valence-electron chi connectivity index (χ2n) is 9.58. The molecule has 0 amide bonds. The van der Waals surface area contributed by atoms with Gasteiger partial charge >= 0.3 is 0 Å². The summed E-state index contributed by atoms with van der Waals surface area (Å²) >= 11 is 0. The smallest absolute Gasteiger partial charge is 0.216 e. The normalized spacial score (nSPS) is 13.5. The Hall–Kier alpha value is -3.90. The summed E-state index contributed by atoms with van der Waals surface area (Å²) in [4.78, 5) is 3.81. The van der Waals surface area contributed by atoms with Gasteiger partial charge in [-0.25, -0.2) is 4.85 Å². The minimum absolute atomic E-state index is 0.164. The third-order valence-electron chi connectivity index (χ3n) is 7.10. The topological polar surface area (TPSA) is 21.4 Å². The zero-order valence-electron chi connectivity index (χ0n) is 25.0. The molecule has 0 atom stereocenters. The quantitative estimate of drug-likeness (QED) is 0.194. The Bertz CT molecular complexity index is 1790. The molecule has 3 nitrogen and oxygen atoms in total. The van der Waals surface area contributed by atoms with Crippen molar-refractivity contribution < 1.29 is 14.5 Å². The lowest BCUT2D eigenvalue weighted by Gasteiger charge is -2.10. The lowest BCUT2D eigenvalue weighted by molar-refractivity contribution is -0.667. The molecule has 35 heavy (non-hydrogen) atoms. The summed E-state index contributed by atoms with van der Waals surface area (Å²) in [7, 11) is 1.80. The summed E-state index contributed by atoms with van der Waals surface area (Å²) in [5.41, 5.74) is 8.16. The highest BCUT2D eigenvalue weighted by Crippen LogP contribution is 2.44. The first-order valence-corrected chi connectivity index (χ1v) is 11.8. The van der Waals surface area contributed by atoms with Gasteiger partial charge in [0.15, 0.2) is 11.4 Å². The van der Waals surface area contributed by atoms with E-state index in [0.717, 1.165) is 33.0 Å². The van der Waals surface area contributed by atoms with E-state index in [9.17, 15) is 0 Å². The first kappa shape index (κ1) is 18.4. The third kappa shape index (κ3) is 3.53. The van der Waals surface area contributed by atoms with Crippen LogP contribution in [0.4, 0.5) is 5.69 Å². The molecule has 0 saturated heterocycles. The maximum atomic E-state index is 9.04. The van der Waals surface area contributed by atoms with Gasteiger partial charge in [-0.15, -0.1) is 0 Å². The molecule has 0 aliphatic heterocycles. The molecule has 0 saturated carbocycles. The SMILES string of the molecule is [2H]c1c(C)c(C([2H])([2H])[2H])c(C)[n+](C)c1-c1c(C)ccc2c1oc1c(-c3ccc(C(C)C)cc3)c([N+]#[C-])ccc12. The highest BCUT2D eigenvalue weighted by Gasteiger charge is 2.25. The van der Waals surface area contributed by atoms with Crippen LogP contribution in [0.25, 0.3) is 49.2 Å². The molecule has 0 N–H and O–H groups in total. The van der Waals surface area contributed by atoms with Gasteiger partial charge in [0, 0.05) is 39.0 Å². The number of furan rings is 1. The molecule has 174 valence electrons. The number of hydrogen-bond donors (Lipinski definition) is 0. The number of fused-ring (bicyclic) bond motifs is 3. The van der Waals surface area contributed by atoms with Gasteiger partial charge in [0.25, 0.3) is 0 Å². The number of aromatic nitrogens is 1. The van der Waals surface area contributed by atoms with E-state index in [1.807, 2.05) is 43.3 Å². The maximum Gasteiger partial charge on any atom is 0.216 e. The second-order valence-corrected chi connectivity index (χ2v) is 9.58. The molecule has 3 aromatic carbocycles. The van der Waals surface area contributed by atoms with Gasteiger partial charge in [0.05, 0.1) is 13.5 Å². The Kier molecular flexibility index (Phi) is 4.42. The molecule has 5 rings (SSSR count). The van der Waals surface area contributed by atoms with Crippen molar-refractivity contribution in [3.05, 3.63) is 93.9 Å². The average Bonchev–Trinajstić information content (AvgIpc) is 3.26. The van der Waals surface area contributed by atoms with Crippen molar-refractivity contribution in [1.82, 2.24) is 0 Å². The minimum atomic E-state index is -2.32. The van der Waals surface area contributed by atoms with Crippen LogP contribution in [0, 0.1) is 34.2 Å². The number of pyridine rings is 1. The fourth-order valence-corrected chi connectivity index (χ4v) is 4.85. The molecule has 0 fully saturated rings. The predicted molar refractivity (Wildman–Crippen MR) is 145 cm³/mol. The number of rotatable bonds is 3. The fraction of sp³-hybridized carbons (Fsp3) is 0.250. The van der Waals surface area contributed by atoms with Gasteiger partial charge in [-0.1, -0.05) is 62.4 Å². The Labute approximate surface area is 213 Å². The number of benzene rings is 3. The molecule has 2 aromatic heterocycles. The van der Waals surface area contributed by atoms with Gasteiger partial charge in [-0.2, -0.15) is 4.57 Å². The molecule has 0 aliphatic carbocycles. The average molecular weight is 464 g/mol. The summed E-state index contributed by atoms with van der Waals surface area (Å²) in [5, 5.41) is 1.78. The largest absolute Gasteiger partial charge is 0.456 e. The third-order valence-corrected chi connectivity index (χ3v) is 7.10. The number of hydrogen-bond acceptors (Lipinski definition) is 1. The second kappa shape index (κ2) is 8.40. The van der Waals surface area contributed by atoms with E-state index in [4.69, 9.17) is 16.5 Å². The Balaban J connectivity index is 1.88. The van der Waals surface area contributed by atoms with Gasteiger partial charge in [0.2, 0.25) is 5.69 Å². The van der Waals surface area contributed by atoms with Crippen molar-refractivity contribution in [2.75, 3.05) is 0 Å². The van der Waals surface area contributed by atoms with E-state index in [2.05, 4.69) is 30.8 Å². The molecule has 0 aliphatic rings. The van der Waals surface area contributed by atoms with E-state index in [1.54, 1.807) is 25.5 Å². The Morgan fingerprint density at radius 1 is 0.914 bits per heavy atom. The first-order valence-electron chi connectivity index (χ1n) is 13.8. The van der Waals surface area contributed by atoms with Gasteiger partial charge < -0.3 is 4.42 Å². The number of aryl methyl sites for hydroxylation is 1. The Morgan fingerprint density at radius 2 is 1.57 bits per heavy atom. The summed E-state index contributed by atoms with van der Waals surface area (Å²) < 4.78 is 41.6. The molecular formula is C32H31N2O+. The maximum absolute atomic E-state index is 9.04. The van der Waals surface area contributed by atoms with Crippen LogP contribution in [0.2, 0.25) is 0 Å². The van der Waals surface area contributed by atoms with E-state index in [-0.39, 0.29) is 11.6 Å². The summed E-state index contributed by atoms with van der Waals surface area (Å²) in [5.74, 6) is 0.398. The van der Waals surface area contributed by atoms with Crippen LogP contribution >= 0.6 is 0 Å². The standard InChI is InChI=1S/C32H31N2O/c1-18(2)23-10-12-24(13-11-23)30-27(33-7)16-15-26-25-14-9-19(3)29(31(25)35-32(26)30)28-17-20(4)21(5)22(6)34(28)8/h9-18H,1-6,8H3/q+1/i5D3,17D. The zero-order chi connectivity index (χ0) is 28.4. The van der Waals surface area contributed by atoms with Crippen molar-refractivity contribution in [2.24, 2.45) is 7.05 Å². The van der Waals surface area contributed by atoms with Gasteiger partial charge in [-0.05, 0) is 48.9 Å². The summed E-state index contributed by atoms with van der Waals surface area (Å²) in [6.07, 6.45) is 0. The molecule has 5 aromatic rings. The molecule has 3 heteroatoms. The van der Waals surface area contributed by atoms with Crippen LogP contribution in [-0.4, -0.2) is 0 Å². The Morgan fingerprint density at radius 3 is 2.20 bits per heavy atom. The van der Waals surface area contributed by atoms with Crippen molar-refractivity contribution in [3.63, 3.8) is 0 Å². The highest BCUT2D eigenvalue weighted by molar-refractivity contribution is 6.15. The monoisotopic (exact) mass is 463 g/mol. The highest BCUT2D eigenvalue weighted by atomic mass is 16.3. The summed E-state index contributed by atoms with van der Waals surface area (Å²) in [6.45, 7) is 15.3. The number of nitrogens with zero attached hydrogens (tertiary/aromatic N) is 2. The molecule has 0 spiro atoms. The lowest BCUT2D eigenvalue weighted by atomic mass is 9.95. The lowest BCUT2D eigenvalue weighted by Crippen LogP contribution is -2.36. The minimum Gasteiger partial charge on any atom is -0.456 e. The summed E-state index contributed by atoms with van der Waals surface area (Å²) in [6, 6.07) is 16.2. The van der Waals surface area contributed by atoms with Crippen LogP contribution < -0.4 is 4.57 Å². The van der Waals surface area contributed by atoms with Crippen LogP contribution in [-0.2, 0) is 7.05 Å². The van der Waals surface area contributed by atoms with Crippen LogP contribution in [0.15, 0.2) is 59.0 Å². The molecule has 2 heterocycles. The van der Waals surface area contributed by atoms with E-state index >= 15 is 0 Å². The van der Waals surface area contributed by atoms with Gasteiger partial charge in [-0.3, -0.25) is 0 Å². The zero-order valence-corrected chi connectivity index (χ0v) is 21.0. The van der Waals surface area contributed by atoms with Crippen molar-refractivity contribution in [2.45, 2.75) is 47.4 Å². The first-order chi connectivity index (χ1) is 18.4.